The van der Waals surface area contributed by atoms with Crippen molar-refractivity contribution in [1.29, 1.82) is 0 Å². The number of nitrogens with one attached hydrogen (secondary N) is 1. The van der Waals surface area contributed by atoms with Crippen molar-refractivity contribution < 1.29 is 17.9 Å². The highest BCUT2D eigenvalue weighted by atomic mass is 35.5. The minimum atomic E-state index is -2.96. The highest BCUT2D eigenvalue weighted by Crippen LogP contribution is 2.24. The van der Waals surface area contributed by atoms with Gasteiger partial charge in [0, 0.05) is 10.3 Å². The fourth-order valence-electron chi connectivity index (χ4n) is 2.50. The van der Waals surface area contributed by atoms with Crippen LogP contribution in [0.1, 0.15) is 12.2 Å². The first-order valence-corrected chi connectivity index (χ1v) is 10.7. The van der Waals surface area contributed by atoms with Crippen LogP contribution in [0.4, 0.5) is 0 Å². The molecule has 3 rings (SSSR count). The molecule has 1 saturated heterocycles. The second kappa shape index (κ2) is 7.35. The zero-order valence-corrected chi connectivity index (χ0v) is 15.4. The molecular formula is C15H15ClN2O5S2. The molecule has 2 heterocycles. The Hall–Kier alpha value is -1.58. The number of hydrogen-bond acceptors (Lipinski definition) is 7. The maximum Gasteiger partial charge on any atom is 0.316 e. The summed E-state index contributed by atoms with van der Waals surface area (Å²) in [5.41, 5.74) is 0.105. The molecule has 1 fully saturated rings. The summed E-state index contributed by atoms with van der Waals surface area (Å²) in [6.07, 6.45) is 0.558. The van der Waals surface area contributed by atoms with Crippen LogP contribution in [0, 0.1) is 0 Å². The number of carbonyl (C=O) groups is 1. The summed E-state index contributed by atoms with van der Waals surface area (Å²) in [6.45, 7) is -0.157. The van der Waals surface area contributed by atoms with E-state index in [1.807, 2.05) is 0 Å². The number of fused-ring (bicyclic) bond motifs is 1. The molecule has 134 valence electrons. The van der Waals surface area contributed by atoms with Gasteiger partial charge in [-0.1, -0.05) is 11.6 Å². The van der Waals surface area contributed by atoms with E-state index in [1.165, 1.54) is 17.8 Å². The van der Waals surface area contributed by atoms with Crippen LogP contribution in [-0.2, 0) is 26.0 Å². The van der Waals surface area contributed by atoms with Crippen LogP contribution < -0.4 is 5.56 Å². The number of halogens is 1. The normalized spacial score (nSPS) is 19.2. The van der Waals surface area contributed by atoms with E-state index in [2.05, 4.69) is 9.97 Å². The summed E-state index contributed by atoms with van der Waals surface area (Å²) < 4.78 is 27.9. The van der Waals surface area contributed by atoms with Crippen LogP contribution in [0.3, 0.4) is 0 Å². The third-order valence-electron chi connectivity index (χ3n) is 3.71. The van der Waals surface area contributed by atoms with Crippen molar-refractivity contribution in [2.24, 2.45) is 0 Å². The Labute approximate surface area is 153 Å². The van der Waals surface area contributed by atoms with E-state index >= 15 is 0 Å². The fourth-order valence-corrected chi connectivity index (χ4v) is 6.11. The van der Waals surface area contributed by atoms with Gasteiger partial charge in [0.1, 0.15) is 12.4 Å². The van der Waals surface area contributed by atoms with Crippen molar-refractivity contribution in [3.8, 4) is 0 Å². The number of aromatic nitrogens is 2. The van der Waals surface area contributed by atoms with Gasteiger partial charge in [-0.15, -0.1) is 11.8 Å². The van der Waals surface area contributed by atoms with Gasteiger partial charge in [-0.3, -0.25) is 9.59 Å². The highest BCUT2D eigenvalue weighted by molar-refractivity contribution is 8.02. The summed E-state index contributed by atoms with van der Waals surface area (Å²) in [5.74, 6) is 0.0990. The lowest BCUT2D eigenvalue weighted by molar-refractivity contribution is -0.141. The second-order valence-electron chi connectivity index (χ2n) is 5.67. The fraction of sp³-hybridized carbons (Fsp3) is 0.400. The molecule has 25 heavy (non-hydrogen) atoms. The monoisotopic (exact) mass is 402 g/mol. The van der Waals surface area contributed by atoms with Gasteiger partial charge in [0.15, 0.2) is 9.84 Å². The number of ether oxygens (including phenoxy) is 1. The topological polar surface area (TPSA) is 106 Å². The first-order valence-electron chi connectivity index (χ1n) is 7.48. The van der Waals surface area contributed by atoms with Crippen molar-refractivity contribution in [1.82, 2.24) is 9.97 Å². The quantitative estimate of drug-likeness (QED) is 0.756. The van der Waals surface area contributed by atoms with Gasteiger partial charge in [-0.25, -0.2) is 13.4 Å². The number of nitrogens with zero attached hydrogens (tertiary/aromatic N) is 1. The first kappa shape index (κ1) is 18.2. The molecule has 1 aliphatic rings. The molecule has 0 aliphatic carbocycles. The third kappa shape index (κ3) is 4.74. The van der Waals surface area contributed by atoms with E-state index in [-0.39, 0.29) is 40.5 Å². The average molecular weight is 403 g/mol. The van der Waals surface area contributed by atoms with Crippen LogP contribution in [-0.4, -0.2) is 46.9 Å². The van der Waals surface area contributed by atoms with Crippen LogP contribution >= 0.6 is 23.4 Å². The molecule has 7 nitrogen and oxygen atoms in total. The highest BCUT2D eigenvalue weighted by Gasteiger charge is 2.28. The summed E-state index contributed by atoms with van der Waals surface area (Å²) in [5, 5.41) is 0.728. The number of aromatic amines is 1. The summed E-state index contributed by atoms with van der Waals surface area (Å²) in [4.78, 5) is 30.6. The number of esters is 1. The minimum Gasteiger partial charge on any atom is -0.457 e. The number of hydrogen-bond donors (Lipinski definition) is 1. The Balaban J connectivity index is 1.56. The van der Waals surface area contributed by atoms with Gasteiger partial charge in [-0.2, -0.15) is 0 Å². The molecule has 1 aliphatic heterocycles. The SMILES string of the molecule is O=C(CS[C@@H]1CCS(=O)(=O)C1)OCc1nc2ccc(Cl)cc2c(=O)[nH]1. The number of thioether (sulfide) groups is 1. The maximum atomic E-state index is 12.0. The molecule has 0 saturated carbocycles. The lowest BCUT2D eigenvalue weighted by Gasteiger charge is -2.08. The Kier molecular flexibility index (Phi) is 5.35. The molecule has 2 aromatic rings. The standard InChI is InChI=1S/C15H15ClN2O5S2/c16-9-1-2-12-11(5-9)15(20)18-13(17-12)6-23-14(19)7-24-10-3-4-25(21,22)8-10/h1-2,5,10H,3-4,6-8H2,(H,17,18,20)/t10-/m1/s1. The van der Waals surface area contributed by atoms with E-state index in [9.17, 15) is 18.0 Å². The van der Waals surface area contributed by atoms with E-state index in [4.69, 9.17) is 16.3 Å². The van der Waals surface area contributed by atoms with Crippen LogP contribution in [0.15, 0.2) is 23.0 Å². The second-order valence-corrected chi connectivity index (χ2v) is 9.62. The van der Waals surface area contributed by atoms with Crippen molar-refractivity contribution in [3.63, 3.8) is 0 Å². The number of benzene rings is 1. The molecule has 0 bridgehead atoms. The number of sulfone groups is 1. The van der Waals surface area contributed by atoms with Crippen molar-refractivity contribution in [3.05, 3.63) is 39.4 Å². The molecule has 1 aromatic heterocycles. The van der Waals surface area contributed by atoms with E-state index in [0.29, 0.717) is 22.3 Å². The maximum absolute atomic E-state index is 12.0. The molecule has 10 heteroatoms. The Morgan fingerprint density at radius 3 is 2.96 bits per heavy atom. The van der Waals surface area contributed by atoms with Crippen LogP contribution in [0.2, 0.25) is 5.02 Å². The summed E-state index contributed by atoms with van der Waals surface area (Å²) in [6, 6.07) is 4.76. The van der Waals surface area contributed by atoms with Crippen LogP contribution in [0.25, 0.3) is 10.9 Å². The van der Waals surface area contributed by atoms with Gasteiger partial charge < -0.3 is 9.72 Å². The first-order chi connectivity index (χ1) is 11.8. The number of carbonyl (C=O) groups excluding carboxylic acids is 1. The Bertz CT molecular complexity index is 974. The Morgan fingerprint density at radius 2 is 2.24 bits per heavy atom. The zero-order chi connectivity index (χ0) is 18.0. The van der Waals surface area contributed by atoms with E-state index in [1.54, 1.807) is 12.1 Å². The molecule has 0 unspecified atom stereocenters. The summed E-state index contributed by atoms with van der Waals surface area (Å²) >= 11 is 7.13. The molecule has 0 spiro atoms. The van der Waals surface area contributed by atoms with Gasteiger partial charge >= 0.3 is 5.97 Å². The zero-order valence-electron chi connectivity index (χ0n) is 13.0. The predicted octanol–water partition coefficient (Wildman–Crippen LogP) is 1.54. The molecule has 0 radical (unpaired) electrons. The van der Waals surface area contributed by atoms with Gasteiger partial charge in [0.25, 0.3) is 5.56 Å². The van der Waals surface area contributed by atoms with Gasteiger partial charge in [-0.05, 0) is 24.6 Å². The Morgan fingerprint density at radius 1 is 1.44 bits per heavy atom. The smallest absolute Gasteiger partial charge is 0.316 e. The molecule has 1 atom stereocenters. The molecule has 1 aromatic carbocycles. The lowest BCUT2D eigenvalue weighted by Crippen LogP contribution is -2.16. The van der Waals surface area contributed by atoms with Crippen molar-refractivity contribution in [2.75, 3.05) is 17.3 Å². The number of H-pyrrole nitrogens is 1. The predicted molar refractivity (Wildman–Crippen MR) is 96.7 cm³/mol. The lowest BCUT2D eigenvalue weighted by atomic mass is 10.2. The largest absolute Gasteiger partial charge is 0.457 e. The third-order valence-corrected chi connectivity index (χ3v) is 7.20. The summed E-state index contributed by atoms with van der Waals surface area (Å²) in [7, 11) is -2.96. The van der Waals surface area contributed by atoms with Crippen molar-refractivity contribution >= 4 is 50.1 Å². The van der Waals surface area contributed by atoms with E-state index in [0.717, 1.165) is 0 Å². The van der Waals surface area contributed by atoms with Crippen LogP contribution in [0.5, 0.6) is 0 Å². The van der Waals surface area contributed by atoms with Gasteiger partial charge in [0.05, 0.1) is 28.2 Å². The average Bonchev–Trinajstić information content (AvgIpc) is 2.91. The molecular weight excluding hydrogens is 388 g/mol. The van der Waals surface area contributed by atoms with Gasteiger partial charge in [0.2, 0.25) is 0 Å². The van der Waals surface area contributed by atoms with Crippen molar-refractivity contribution in [2.45, 2.75) is 18.3 Å². The minimum absolute atomic E-state index is 0.0631. The molecule has 1 N–H and O–H groups in total. The number of rotatable bonds is 5. The molecule has 0 amide bonds. The van der Waals surface area contributed by atoms with E-state index < -0.39 is 15.8 Å².